The number of pyridine rings is 1. The topological polar surface area (TPSA) is 54.4 Å². The maximum Gasteiger partial charge on any atom is 0.218 e. The van der Waals surface area contributed by atoms with E-state index in [9.17, 15) is 5.11 Å². The summed E-state index contributed by atoms with van der Waals surface area (Å²) in [4.78, 5) is 4.14. The molecule has 0 aliphatic rings. The molecular weight excluding hydrogens is 323 g/mol. The normalized spacial score (nSPS) is 13.7. The van der Waals surface area contributed by atoms with E-state index in [1.165, 1.54) is 7.11 Å². The summed E-state index contributed by atoms with van der Waals surface area (Å²) in [5, 5.41) is 14.8. The lowest BCUT2D eigenvalue weighted by atomic mass is 9.89. The maximum atomic E-state index is 10.8. The van der Waals surface area contributed by atoms with Crippen molar-refractivity contribution in [3.05, 3.63) is 57.7 Å². The van der Waals surface area contributed by atoms with Crippen molar-refractivity contribution in [1.82, 2.24) is 10.3 Å². The van der Waals surface area contributed by atoms with Crippen LogP contribution in [0.5, 0.6) is 5.88 Å². The van der Waals surface area contributed by atoms with Crippen LogP contribution in [0.15, 0.2) is 36.5 Å². The Labute approximate surface area is 140 Å². The first-order chi connectivity index (χ1) is 10.6. The van der Waals surface area contributed by atoms with E-state index in [1.54, 1.807) is 30.5 Å². The zero-order valence-corrected chi connectivity index (χ0v) is 13.9. The van der Waals surface area contributed by atoms with Gasteiger partial charge in [0.25, 0.3) is 0 Å². The predicted octanol–water partition coefficient (Wildman–Crippen LogP) is 3.43. The molecule has 0 bridgehead atoms. The van der Waals surface area contributed by atoms with Gasteiger partial charge in [-0.05, 0) is 36.9 Å². The Morgan fingerprint density at radius 3 is 2.68 bits per heavy atom. The summed E-state index contributed by atoms with van der Waals surface area (Å²) < 4.78 is 5.23. The standard InChI is InChI=1S/C16H18Cl2N2O2/c1-19-9-12(10-5-6-13(17)14(18)8-10)15(21)11-4-3-7-20-16(11)22-2/h3-8,12,15,19,21H,9H2,1-2H3/t12-,15+/m0/s1. The van der Waals surface area contributed by atoms with Gasteiger partial charge in [0.1, 0.15) is 0 Å². The van der Waals surface area contributed by atoms with Gasteiger partial charge >= 0.3 is 0 Å². The fourth-order valence-corrected chi connectivity index (χ4v) is 2.70. The monoisotopic (exact) mass is 340 g/mol. The van der Waals surface area contributed by atoms with Crippen molar-refractivity contribution in [2.75, 3.05) is 20.7 Å². The Morgan fingerprint density at radius 2 is 2.05 bits per heavy atom. The summed E-state index contributed by atoms with van der Waals surface area (Å²) in [6, 6.07) is 8.94. The van der Waals surface area contributed by atoms with Crippen LogP contribution in [0.4, 0.5) is 0 Å². The van der Waals surface area contributed by atoms with Gasteiger partial charge in [0.2, 0.25) is 5.88 Å². The Balaban J connectivity index is 2.40. The fourth-order valence-electron chi connectivity index (χ4n) is 2.39. The molecule has 1 aromatic heterocycles. The van der Waals surface area contributed by atoms with Crippen LogP contribution in [0.25, 0.3) is 0 Å². The van der Waals surface area contributed by atoms with Crippen molar-refractivity contribution in [2.24, 2.45) is 0 Å². The van der Waals surface area contributed by atoms with E-state index in [4.69, 9.17) is 27.9 Å². The van der Waals surface area contributed by atoms with Crippen LogP contribution < -0.4 is 10.1 Å². The molecule has 6 heteroatoms. The average molecular weight is 341 g/mol. The van der Waals surface area contributed by atoms with E-state index < -0.39 is 6.10 Å². The highest BCUT2D eigenvalue weighted by Crippen LogP contribution is 2.36. The third kappa shape index (κ3) is 3.70. The molecule has 0 saturated carbocycles. The minimum Gasteiger partial charge on any atom is -0.481 e. The van der Waals surface area contributed by atoms with Crippen LogP contribution in [0.1, 0.15) is 23.1 Å². The first kappa shape index (κ1) is 17.0. The Kier molecular flexibility index (Phi) is 6.03. The van der Waals surface area contributed by atoms with E-state index in [1.807, 2.05) is 13.1 Å². The number of benzene rings is 1. The number of halogens is 2. The van der Waals surface area contributed by atoms with Crippen molar-refractivity contribution in [3.8, 4) is 5.88 Å². The van der Waals surface area contributed by atoms with Crippen LogP contribution in [0.2, 0.25) is 10.0 Å². The highest BCUT2D eigenvalue weighted by molar-refractivity contribution is 6.42. The number of ether oxygens (including phenoxy) is 1. The lowest BCUT2D eigenvalue weighted by molar-refractivity contribution is 0.140. The van der Waals surface area contributed by atoms with Crippen LogP contribution in [0, 0.1) is 0 Å². The van der Waals surface area contributed by atoms with Crippen LogP contribution >= 0.6 is 23.2 Å². The molecule has 2 N–H and O–H groups in total. The van der Waals surface area contributed by atoms with E-state index in [0.29, 0.717) is 28.0 Å². The number of hydrogen-bond acceptors (Lipinski definition) is 4. The molecule has 0 spiro atoms. The van der Waals surface area contributed by atoms with Gasteiger partial charge in [-0.15, -0.1) is 0 Å². The summed E-state index contributed by atoms with van der Waals surface area (Å²) in [6.07, 6.45) is 0.842. The molecular formula is C16H18Cl2N2O2. The highest BCUT2D eigenvalue weighted by Gasteiger charge is 2.25. The molecule has 4 nitrogen and oxygen atoms in total. The SMILES string of the molecule is CNC[C@@H](c1ccc(Cl)c(Cl)c1)[C@H](O)c1cccnc1OC. The van der Waals surface area contributed by atoms with Crippen molar-refractivity contribution < 1.29 is 9.84 Å². The van der Waals surface area contributed by atoms with Crippen LogP contribution in [-0.2, 0) is 0 Å². The highest BCUT2D eigenvalue weighted by atomic mass is 35.5. The van der Waals surface area contributed by atoms with Gasteiger partial charge in [-0.1, -0.05) is 29.3 Å². The Bertz CT molecular complexity index is 637. The van der Waals surface area contributed by atoms with Crippen molar-refractivity contribution in [2.45, 2.75) is 12.0 Å². The molecule has 118 valence electrons. The minimum absolute atomic E-state index is 0.210. The van der Waals surface area contributed by atoms with Crippen molar-refractivity contribution in [3.63, 3.8) is 0 Å². The number of nitrogens with zero attached hydrogens (tertiary/aromatic N) is 1. The predicted molar refractivity (Wildman–Crippen MR) is 88.9 cm³/mol. The molecule has 0 aliphatic carbocycles. The molecule has 0 unspecified atom stereocenters. The molecule has 0 saturated heterocycles. The molecule has 2 rings (SSSR count). The quantitative estimate of drug-likeness (QED) is 0.845. The average Bonchev–Trinajstić information content (AvgIpc) is 2.54. The number of aliphatic hydroxyl groups excluding tert-OH is 1. The van der Waals surface area contributed by atoms with E-state index in [0.717, 1.165) is 5.56 Å². The first-order valence-corrected chi connectivity index (χ1v) is 7.60. The lowest BCUT2D eigenvalue weighted by Crippen LogP contribution is -2.23. The Morgan fingerprint density at radius 1 is 1.27 bits per heavy atom. The van der Waals surface area contributed by atoms with E-state index in [-0.39, 0.29) is 5.92 Å². The fraction of sp³-hybridized carbons (Fsp3) is 0.312. The van der Waals surface area contributed by atoms with Crippen LogP contribution in [-0.4, -0.2) is 30.8 Å². The zero-order valence-electron chi connectivity index (χ0n) is 12.4. The number of nitrogens with one attached hydrogen (secondary N) is 1. The summed E-state index contributed by atoms with van der Waals surface area (Å²) >= 11 is 12.1. The third-order valence-electron chi connectivity index (χ3n) is 3.49. The summed E-state index contributed by atoms with van der Waals surface area (Å²) in [5.41, 5.74) is 1.53. The maximum absolute atomic E-state index is 10.8. The van der Waals surface area contributed by atoms with Gasteiger partial charge < -0.3 is 15.2 Å². The molecule has 2 aromatic rings. The minimum atomic E-state index is -0.784. The number of aliphatic hydroxyl groups is 1. The zero-order chi connectivity index (χ0) is 16.1. The van der Waals surface area contributed by atoms with Gasteiger partial charge in [-0.25, -0.2) is 4.98 Å². The second kappa shape index (κ2) is 7.79. The number of rotatable bonds is 6. The smallest absolute Gasteiger partial charge is 0.218 e. The second-order valence-corrected chi connectivity index (χ2v) is 5.70. The van der Waals surface area contributed by atoms with Gasteiger partial charge in [-0.3, -0.25) is 0 Å². The number of hydrogen-bond donors (Lipinski definition) is 2. The van der Waals surface area contributed by atoms with Gasteiger partial charge in [0, 0.05) is 24.2 Å². The molecule has 0 amide bonds. The summed E-state index contributed by atoms with van der Waals surface area (Å²) in [7, 11) is 3.36. The lowest BCUT2D eigenvalue weighted by Gasteiger charge is -2.24. The van der Waals surface area contributed by atoms with Gasteiger partial charge in [-0.2, -0.15) is 0 Å². The molecule has 0 aliphatic heterocycles. The summed E-state index contributed by atoms with van der Waals surface area (Å²) in [5.74, 6) is 0.203. The molecule has 0 radical (unpaired) electrons. The van der Waals surface area contributed by atoms with E-state index in [2.05, 4.69) is 10.3 Å². The Hall–Kier alpha value is -1.33. The second-order valence-electron chi connectivity index (χ2n) is 4.88. The largest absolute Gasteiger partial charge is 0.481 e. The molecule has 2 atom stereocenters. The first-order valence-electron chi connectivity index (χ1n) is 6.85. The summed E-state index contributed by atoms with van der Waals surface area (Å²) in [6.45, 7) is 0.567. The van der Waals surface area contributed by atoms with E-state index >= 15 is 0 Å². The number of methoxy groups -OCH3 is 1. The molecule has 1 aromatic carbocycles. The van der Waals surface area contributed by atoms with Crippen molar-refractivity contribution >= 4 is 23.2 Å². The molecule has 22 heavy (non-hydrogen) atoms. The van der Waals surface area contributed by atoms with Crippen molar-refractivity contribution in [1.29, 1.82) is 0 Å². The van der Waals surface area contributed by atoms with Gasteiger partial charge in [0.15, 0.2) is 0 Å². The third-order valence-corrected chi connectivity index (χ3v) is 4.23. The van der Waals surface area contributed by atoms with Gasteiger partial charge in [0.05, 0.1) is 23.3 Å². The number of aromatic nitrogens is 1. The molecule has 0 fully saturated rings. The number of likely N-dealkylation sites (N-methyl/N-ethyl adjacent to an activating group) is 1. The molecule has 1 heterocycles. The van der Waals surface area contributed by atoms with Crippen LogP contribution in [0.3, 0.4) is 0 Å².